The van der Waals surface area contributed by atoms with Crippen LogP contribution in [0.25, 0.3) is 10.9 Å². The molecule has 2 fully saturated rings. The number of halogens is 1. The minimum Gasteiger partial charge on any atom is -0.378 e. The van der Waals surface area contributed by atoms with Crippen LogP contribution in [-0.4, -0.2) is 29.6 Å². The number of hydrogen-bond acceptors (Lipinski definition) is 3. The summed E-state index contributed by atoms with van der Waals surface area (Å²) in [4.78, 5) is 27.1. The highest BCUT2D eigenvalue weighted by Gasteiger charge is 2.45. The minimum atomic E-state index is -0.544. The molecule has 1 amide bonds. The van der Waals surface area contributed by atoms with E-state index in [0.717, 1.165) is 19.4 Å². The molecule has 1 aliphatic carbocycles. The molecular weight excluding hydrogens is 287 g/mol. The quantitative estimate of drug-likeness (QED) is 0.884. The van der Waals surface area contributed by atoms with Crippen molar-refractivity contribution in [1.29, 1.82) is 0 Å². The van der Waals surface area contributed by atoms with Gasteiger partial charge in [0.1, 0.15) is 11.5 Å². The van der Waals surface area contributed by atoms with E-state index in [0.29, 0.717) is 5.92 Å². The first kappa shape index (κ1) is 13.5. The predicted octanol–water partition coefficient (Wildman–Crippen LogP) is 1.57. The van der Waals surface area contributed by atoms with Crippen molar-refractivity contribution >= 4 is 16.8 Å². The third-order valence-electron chi connectivity index (χ3n) is 4.64. The van der Waals surface area contributed by atoms with Gasteiger partial charge in [-0.05, 0) is 25.0 Å². The topological polar surface area (TPSA) is 71.2 Å². The summed E-state index contributed by atoms with van der Waals surface area (Å²) in [5.41, 5.74) is -0.213. The second kappa shape index (κ2) is 4.91. The number of aromatic amines is 1. The summed E-state index contributed by atoms with van der Waals surface area (Å²) < 4.78 is 19.3. The molecule has 2 aromatic rings. The molecule has 1 aromatic carbocycles. The highest BCUT2D eigenvalue weighted by atomic mass is 19.1. The first-order valence-electron chi connectivity index (χ1n) is 7.37. The maximum atomic E-state index is 13.8. The maximum Gasteiger partial charge on any atom is 0.268 e. The smallest absolute Gasteiger partial charge is 0.268 e. The zero-order chi connectivity index (χ0) is 15.3. The number of fused-ring (bicyclic) bond motifs is 2. The number of benzene rings is 1. The van der Waals surface area contributed by atoms with Gasteiger partial charge in [0.15, 0.2) is 5.43 Å². The molecule has 6 heteroatoms. The lowest BCUT2D eigenvalue weighted by atomic mass is 9.76. The molecule has 0 bridgehead atoms. The van der Waals surface area contributed by atoms with E-state index in [1.807, 2.05) is 0 Å². The monoisotopic (exact) mass is 302 g/mol. The molecule has 2 aliphatic rings. The van der Waals surface area contributed by atoms with E-state index in [-0.39, 0.29) is 40.1 Å². The molecule has 1 saturated heterocycles. The van der Waals surface area contributed by atoms with Crippen LogP contribution < -0.4 is 10.7 Å². The molecule has 0 radical (unpaired) electrons. The van der Waals surface area contributed by atoms with E-state index in [1.165, 1.54) is 24.3 Å². The van der Waals surface area contributed by atoms with Gasteiger partial charge in [0.2, 0.25) is 0 Å². The number of para-hydroxylation sites is 1. The van der Waals surface area contributed by atoms with Crippen molar-refractivity contribution < 1.29 is 13.9 Å². The average molecular weight is 302 g/mol. The van der Waals surface area contributed by atoms with Crippen molar-refractivity contribution in [3.05, 3.63) is 46.0 Å². The maximum absolute atomic E-state index is 13.8. The number of H-pyrrole nitrogens is 1. The van der Waals surface area contributed by atoms with E-state index in [1.54, 1.807) is 0 Å². The van der Waals surface area contributed by atoms with Crippen molar-refractivity contribution in [2.75, 3.05) is 6.61 Å². The summed E-state index contributed by atoms with van der Waals surface area (Å²) in [6.45, 7) is 0.736. The Morgan fingerprint density at radius 3 is 3.09 bits per heavy atom. The fourth-order valence-electron chi connectivity index (χ4n) is 3.37. The number of ether oxygens (including phenoxy) is 1. The first-order chi connectivity index (χ1) is 10.6. The molecule has 1 aromatic heterocycles. The zero-order valence-corrected chi connectivity index (χ0v) is 11.8. The van der Waals surface area contributed by atoms with Crippen LogP contribution >= 0.6 is 0 Å². The van der Waals surface area contributed by atoms with Crippen LogP contribution in [0.4, 0.5) is 4.39 Å². The number of nitrogens with one attached hydrogen (secondary N) is 2. The summed E-state index contributed by atoms with van der Waals surface area (Å²) in [5.74, 6) is -0.567. The van der Waals surface area contributed by atoms with E-state index in [9.17, 15) is 14.0 Å². The highest BCUT2D eigenvalue weighted by molar-refractivity contribution is 5.95. The molecule has 3 atom stereocenters. The van der Waals surface area contributed by atoms with E-state index in [2.05, 4.69) is 10.3 Å². The third-order valence-corrected chi connectivity index (χ3v) is 4.64. The molecule has 4 rings (SSSR count). The van der Waals surface area contributed by atoms with Crippen LogP contribution in [0.3, 0.4) is 0 Å². The molecule has 22 heavy (non-hydrogen) atoms. The van der Waals surface area contributed by atoms with E-state index < -0.39 is 5.82 Å². The fourth-order valence-corrected chi connectivity index (χ4v) is 3.37. The average Bonchev–Trinajstić information content (AvgIpc) is 2.86. The Hall–Kier alpha value is -2.21. The Morgan fingerprint density at radius 2 is 2.27 bits per heavy atom. The number of pyridine rings is 1. The Morgan fingerprint density at radius 1 is 1.41 bits per heavy atom. The van der Waals surface area contributed by atoms with Gasteiger partial charge in [-0.3, -0.25) is 9.59 Å². The summed E-state index contributed by atoms with van der Waals surface area (Å²) >= 11 is 0. The van der Waals surface area contributed by atoms with Gasteiger partial charge in [-0.25, -0.2) is 4.39 Å². The molecule has 2 heterocycles. The zero-order valence-electron chi connectivity index (χ0n) is 11.8. The van der Waals surface area contributed by atoms with Crippen molar-refractivity contribution in [3.8, 4) is 0 Å². The molecular formula is C16H15FN2O3. The van der Waals surface area contributed by atoms with Crippen LogP contribution in [0.2, 0.25) is 0 Å². The van der Waals surface area contributed by atoms with Crippen LogP contribution in [0.15, 0.2) is 29.1 Å². The lowest BCUT2D eigenvalue weighted by Crippen LogP contribution is -2.53. The summed E-state index contributed by atoms with van der Waals surface area (Å²) in [6.07, 6.45) is 1.99. The lowest BCUT2D eigenvalue weighted by molar-refractivity contribution is 0.00803. The van der Waals surface area contributed by atoms with Gasteiger partial charge in [-0.1, -0.05) is 6.07 Å². The van der Waals surface area contributed by atoms with Crippen LogP contribution in [0, 0.1) is 11.7 Å². The van der Waals surface area contributed by atoms with Crippen molar-refractivity contribution in [3.63, 3.8) is 0 Å². The molecule has 2 N–H and O–H groups in total. The molecule has 1 aliphatic heterocycles. The second-order valence-corrected chi connectivity index (χ2v) is 5.89. The van der Waals surface area contributed by atoms with E-state index in [4.69, 9.17) is 4.74 Å². The summed E-state index contributed by atoms with van der Waals surface area (Å²) in [7, 11) is 0. The predicted molar refractivity (Wildman–Crippen MR) is 78.2 cm³/mol. The normalized spacial score (nSPS) is 26.5. The molecule has 0 spiro atoms. The van der Waals surface area contributed by atoms with Gasteiger partial charge in [0, 0.05) is 30.0 Å². The summed E-state index contributed by atoms with van der Waals surface area (Å²) in [6, 6.07) is 5.55. The summed E-state index contributed by atoms with van der Waals surface area (Å²) in [5, 5.41) is 3.14. The minimum absolute atomic E-state index is 0.0656. The molecule has 1 saturated carbocycles. The van der Waals surface area contributed by atoms with Crippen molar-refractivity contribution in [2.24, 2.45) is 5.92 Å². The highest BCUT2D eigenvalue weighted by Crippen LogP contribution is 2.38. The van der Waals surface area contributed by atoms with Gasteiger partial charge in [0.25, 0.3) is 5.91 Å². The van der Waals surface area contributed by atoms with Gasteiger partial charge in [-0.15, -0.1) is 0 Å². The number of rotatable bonds is 2. The van der Waals surface area contributed by atoms with Crippen LogP contribution in [0.1, 0.15) is 23.3 Å². The Kier molecular flexibility index (Phi) is 3.00. The van der Waals surface area contributed by atoms with E-state index >= 15 is 0 Å². The van der Waals surface area contributed by atoms with Gasteiger partial charge < -0.3 is 15.0 Å². The lowest BCUT2D eigenvalue weighted by Gasteiger charge is -2.39. The van der Waals surface area contributed by atoms with Crippen molar-refractivity contribution in [2.45, 2.75) is 25.0 Å². The molecule has 114 valence electrons. The number of carbonyl (C=O) groups is 1. The molecule has 5 nitrogen and oxygen atoms in total. The second-order valence-electron chi connectivity index (χ2n) is 5.89. The van der Waals surface area contributed by atoms with Crippen molar-refractivity contribution in [1.82, 2.24) is 10.3 Å². The van der Waals surface area contributed by atoms with Gasteiger partial charge in [-0.2, -0.15) is 0 Å². The standard InChI is InChI=1S/C16H15FN2O3/c17-10-3-1-2-9-13(20)6-12(18-15(9)10)16(21)19-11-7-14-8(11)4-5-22-14/h1-3,6,8,11,14H,4-5,7H2,(H,18,20)(H,19,21)/t8-,11+,14+/m0/s1. The SMILES string of the molecule is O=C(N[C@@H]1C[C@H]2OCC[C@@H]12)c1cc(=O)c2cccc(F)c2[nH]1. The Balaban J connectivity index is 1.62. The van der Waals surface area contributed by atoms with Crippen LogP contribution in [0.5, 0.6) is 0 Å². The number of amides is 1. The molecule has 0 unspecified atom stereocenters. The Labute approximate surface area is 125 Å². The largest absolute Gasteiger partial charge is 0.378 e. The third kappa shape index (κ3) is 2.02. The number of aromatic nitrogens is 1. The van der Waals surface area contributed by atoms with Crippen LogP contribution in [-0.2, 0) is 4.74 Å². The number of hydrogen-bond donors (Lipinski definition) is 2. The number of carbonyl (C=O) groups excluding carboxylic acids is 1. The van der Waals surface area contributed by atoms with Gasteiger partial charge >= 0.3 is 0 Å². The fraction of sp³-hybridized carbons (Fsp3) is 0.375. The van der Waals surface area contributed by atoms with Gasteiger partial charge in [0.05, 0.1) is 11.6 Å². The Bertz CT molecular complexity index is 817. The first-order valence-corrected chi connectivity index (χ1v) is 7.37.